The lowest BCUT2D eigenvalue weighted by atomic mass is 9.92. The van der Waals surface area contributed by atoms with Crippen LogP contribution in [-0.2, 0) is 15.1 Å². The number of hydrogen-bond acceptors (Lipinski definition) is 6. The van der Waals surface area contributed by atoms with Crippen molar-refractivity contribution in [2.24, 2.45) is 0 Å². The highest BCUT2D eigenvalue weighted by Gasteiger charge is 2.62. The minimum atomic E-state index is -5.35. The molecule has 2 N–H and O–H groups in total. The van der Waals surface area contributed by atoms with Crippen LogP contribution in [0.15, 0.2) is 48.5 Å². The van der Waals surface area contributed by atoms with E-state index in [4.69, 9.17) is 9.47 Å². The van der Waals surface area contributed by atoms with Crippen LogP contribution in [0.3, 0.4) is 0 Å². The molecule has 0 spiro atoms. The Morgan fingerprint density at radius 1 is 1.04 bits per heavy atom. The quantitative estimate of drug-likeness (QED) is 0.750. The molecule has 0 aliphatic carbocycles. The number of carbonyl (C=O) groups is 2. The number of esters is 1. The van der Waals surface area contributed by atoms with Crippen molar-refractivity contribution < 1.29 is 42.1 Å². The van der Waals surface area contributed by atoms with E-state index < -0.39 is 29.4 Å². The van der Waals surface area contributed by atoms with Crippen LogP contribution in [0.5, 0.6) is 11.5 Å². The lowest BCUT2D eigenvalue weighted by molar-refractivity contribution is -0.266. The number of aliphatic hydroxyl groups is 1. The van der Waals surface area contributed by atoms with Crippen LogP contribution < -0.4 is 14.8 Å². The number of methoxy groups -OCH3 is 2. The largest absolute Gasteiger partial charge is 0.495 e. The smallest absolute Gasteiger partial charge is 0.432 e. The van der Waals surface area contributed by atoms with Gasteiger partial charge >= 0.3 is 18.2 Å². The first-order valence-corrected chi connectivity index (χ1v) is 7.73. The predicted octanol–water partition coefficient (Wildman–Crippen LogP) is 3.23. The van der Waals surface area contributed by atoms with Gasteiger partial charge in [-0.1, -0.05) is 24.3 Å². The van der Waals surface area contributed by atoms with Gasteiger partial charge in [0.25, 0.3) is 5.60 Å². The van der Waals surface area contributed by atoms with E-state index in [2.05, 4.69) is 10.1 Å². The predicted molar refractivity (Wildman–Crippen MR) is 91.1 cm³/mol. The lowest BCUT2D eigenvalue weighted by Gasteiger charge is -2.28. The number of anilines is 1. The second-order valence-corrected chi connectivity index (χ2v) is 5.44. The molecule has 0 fully saturated rings. The summed E-state index contributed by atoms with van der Waals surface area (Å²) in [6.45, 7) is 0. The summed E-state index contributed by atoms with van der Waals surface area (Å²) < 4.78 is 54.1. The van der Waals surface area contributed by atoms with Crippen LogP contribution in [0.25, 0.3) is 0 Å². The third-order valence-electron chi connectivity index (χ3n) is 3.70. The van der Waals surface area contributed by atoms with Crippen LogP contribution in [0, 0.1) is 0 Å². The molecule has 2 aromatic rings. The van der Waals surface area contributed by atoms with Gasteiger partial charge in [-0.2, -0.15) is 13.2 Å². The molecule has 0 aliphatic rings. The molecule has 0 radical (unpaired) electrons. The number of carbonyl (C=O) groups excluding carboxylic acids is 2. The minimum absolute atomic E-state index is 0.0402. The number of amides is 1. The Labute approximate surface area is 157 Å². The van der Waals surface area contributed by atoms with E-state index in [1.54, 1.807) is 18.2 Å². The molecule has 0 saturated carbocycles. The van der Waals surface area contributed by atoms with E-state index in [-0.39, 0.29) is 17.2 Å². The van der Waals surface area contributed by atoms with Gasteiger partial charge in [0.15, 0.2) is 0 Å². The van der Waals surface area contributed by atoms with Gasteiger partial charge in [0.05, 0.1) is 19.9 Å². The second kappa shape index (κ2) is 8.17. The summed E-state index contributed by atoms with van der Waals surface area (Å²) >= 11 is 0. The van der Waals surface area contributed by atoms with Gasteiger partial charge in [-0.15, -0.1) is 0 Å². The summed E-state index contributed by atoms with van der Waals surface area (Å²) in [5, 5.41) is 12.3. The van der Waals surface area contributed by atoms with Crippen molar-refractivity contribution in [3.8, 4) is 11.5 Å². The summed E-state index contributed by atoms with van der Waals surface area (Å²) in [7, 11) is 1.85. The standard InChI is InChI=1S/C18H16F3NO6/c1-26-14-10-11(17(25,15(23)27-2)18(19,20)21)8-9-13(14)22-16(24)28-12-6-4-3-5-7-12/h3-10,25H,1-2H3,(H,22,24). The van der Waals surface area contributed by atoms with Gasteiger partial charge < -0.3 is 19.3 Å². The maximum Gasteiger partial charge on any atom is 0.432 e. The number of ether oxygens (including phenoxy) is 3. The fourth-order valence-electron chi connectivity index (χ4n) is 2.30. The highest BCUT2D eigenvalue weighted by Crippen LogP contribution is 2.42. The topological polar surface area (TPSA) is 94.1 Å². The van der Waals surface area contributed by atoms with Crippen molar-refractivity contribution >= 4 is 17.7 Å². The average Bonchev–Trinajstić information content (AvgIpc) is 2.66. The van der Waals surface area contributed by atoms with Gasteiger partial charge in [-0.25, -0.2) is 9.59 Å². The lowest BCUT2D eigenvalue weighted by Crippen LogP contribution is -2.49. The van der Waals surface area contributed by atoms with E-state index in [0.717, 1.165) is 25.3 Å². The number of hydrogen-bond donors (Lipinski definition) is 2. The fraction of sp³-hybridized carbons (Fsp3) is 0.222. The summed E-state index contributed by atoms with van der Waals surface area (Å²) in [5.74, 6) is -1.91. The first-order chi connectivity index (χ1) is 13.1. The third-order valence-corrected chi connectivity index (χ3v) is 3.70. The molecular weight excluding hydrogens is 383 g/mol. The Bertz CT molecular complexity index is 856. The monoisotopic (exact) mass is 399 g/mol. The summed E-state index contributed by atoms with van der Waals surface area (Å²) in [6, 6.07) is 10.7. The van der Waals surface area contributed by atoms with Crippen molar-refractivity contribution in [2.75, 3.05) is 19.5 Å². The normalized spacial score (nSPS) is 13.2. The molecule has 7 nitrogen and oxygen atoms in total. The molecule has 1 atom stereocenters. The minimum Gasteiger partial charge on any atom is -0.495 e. The van der Waals surface area contributed by atoms with Crippen LogP contribution in [0.2, 0.25) is 0 Å². The van der Waals surface area contributed by atoms with E-state index >= 15 is 0 Å². The zero-order valence-corrected chi connectivity index (χ0v) is 14.7. The van der Waals surface area contributed by atoms with Crippen LogP contribution in [0.1, 0.15) is 5.56 Å². The fourth-order valence-corrected chi connectivity index (χ4v) is 2.30. The van der Waals surface area contributed by atoms with Crippen molar-refractivity contribution in [3.05, 3.63) is 54.1 Å². The summed E-state index contributed by atoms with van der Waals surface area (Å²) in [6.07, 6.45) is -6.27. The Kier molecular flexibility index (Phi) is 6.14. The Morgan fingerprint density at radius 2 is 1.68 bits per heavy atom. The van der Waals surface area contributed by atoms with E-state index in [1.165, 1.54) is 12.1 Å². The molecule has 0 aromatic heterocycles. The molecule has 2 aromatic carbocycles. The Morgan fingerprint density at radius 3 is 2.21 bits per heavy atom. The number of alkyl halides is 3. The van der Waals surface area contributed by atoms with Crippen molar-refractivity contribution in [2.45, 2.75) is 11.8 Å². The highest BCUT2D eigenvalue weighted by molar-refractivity contribution is 5.89. The van der Waals surface area contributed by atoms with Crippen LogP contribution in [0.4, 0.5) is 23.7 Å². The van der Waals surface area contributed by atoms with Gasteiger partial charge in [0, 0.05) is 5.56 Å². The molecule has 2 rings (SSSR count). The molecule has 0 bridgehead atoms. The van der Waals surface area contributed by atoms with E-state index in [9.17, 15) is 27.9 Å². The number of rotatable bonds is 5. The maximum absolute atomic E-state index is 13.3. The maximum atomic E-state index is 13.3. The molecule has 150 valence electrons. The summed E-state index contributed by atoms with van der Waals surface area (Å²) in [5.41, 5.74) is -4.79. The van der Waals surface area contributed by atoms with E-state index in [0.29, 0.717) is 7.11 Å². The molecule has 1 unspecified atom stereocenters. The molecule has 0 saturated heterocycles. The second-order valence-electron chi connectivity index (χ2n) is 5.44. The molecular formula is C18H16F3NO6. The van der Waals surface area contributed by atoms with Crippen molar-refractivity contribution in [3.63, 3.8) is 0 Å². The van der Waals surface area contributed by atoms with Crippen LogP contribution >= 0.6 is 0 Å². The number of benzene rings is 2. The third kappa shape index (κ3) is 4.17. The van der Waals surface area contributed by atoms with E-state index in [1.807, 2.05) is 0 Å². The highest BCUT2D eigenvalue weighted by atomic mass is 19.4. The number of nitrogens with one attached hydrogen (secondary N) is 1. The average molecular weight is 399 g/mol. The zero-order chi connectivity index (χ0) is 20.9. The van der Waals surface area contributed by atoms with Gasteiger partial charge in [0.1, 0.15) is 11.5 Å². The first-order valence-electron chi connectivity index (χ1n) is 7.73. The SMILES string of the molecule is COC(=O)C(O)(c1ccc(NC(=O)Oc2ccccc2)c(OC)c1)C(F)(F)F. The number of para-hydroxylation sites is 1. The Hall–Kier alpha value is -3.27. The molecule has 28 heavy (non-hydrogen) atoms. The van der Waals surface area contributed by atoms with Gasteiger partial charge in [-0.3, -0.25) is 5.32 Å². The van der Waals surface area contributed by atoms with Crippen LogP contribution in [-0.4, -0.2) is 37.6 Å². The zero-order valence-electron chi connectivity index (χ0n) is 14.7. The summed E-state index contributed by atoms with van der Waals surface area (Å²) in [4.78, 5) is 23.6. The molecule has 1 amide bonds. The van der Waals surface area contributed by atoms with Gasteiger partial charge in [0.2, 0.25) is 0 Å². The van der Waals surface area contributed by atoms with Crippen molar-refractivity contribution in [1.82, 2.24) is 0 Å². The van der Waals surface area contributed by atoms with Crippen molar-refractivity contribution in [1.29, 1.82) is 0 Å². The molecule has 0 aliphatic heterocycles. The Balaban J connectivity index is 2.33. The number of halogens is 3. The van der Waals surface area contributed by atoms with Gasteiger partial charge in [-0.05, 0) is 24.3 Å². The first kappa shape index (κ1) is 21.0. The molecule has 10 heteroatoms. The molecule has 0 heterocycles.